The Morgan fingerprint density at radius 1 is 1.10 bits per heavy atom. The van der Waals surface area contributed by atoms with Gasteiger partial charge in [0, 0.05) is 19.5 Å². The van der Waals surface area contributed by atoms with Crippen LogP contribution in [-0.4, -0.2) is 59.9 Å². The summed E-state index contributed by atoms with van der Waals surface area (Å²) in [5.41, 5.74) is 0. The third-order valence-corrected chi connectivity index (χ3v) is 6.21. The van der Waals surface area contributed by atoms with Crippen molar-refractivity contribution in [3.8, 4) is 11.5 Å². The highest BCUT2D eigenvalue weighted by Crippen LogP contribution is 2.38. The van der Waals surface area contributed by atoms with Gasteiger partial charge in [-0.25, -0.2) is 0 Å². The van der Waals surface area contributed by atoms with Crippen molar-refractivity contribution in [2.75, 3.05) is 26.2 Å². The van der Waals surface area contributed by atoms with Gasteiger partial charge in [-0.05, 0) is 31.9 Å². The van der Waals surface area contributed by atoms with Gasteiger partial charge in [-0.3, -0.25) is 19.3 Å². The van der Waals surface area contributed by atoms with E-state index in [4.69, 9.17) is 9.47 Å². The van der Waals surface area contributed by atoms with E-state index in [2.05, 4.69) is 0 Å². The lowest BCUT2D eigenvalue weighted by Crippen LogP contribution is -2.44. The molecule has 3 amide bonds. The van der Waals surface area contributed by atoms with E-state index in [-0.39, 0.29) is 48.6 Å². The number of hydrogen-bond acceptors (Lipinski definition) is 5. The number of rotatable bonds is 6. The van der Waals surface area contributed by atoms with Gasteiger partial charge in [-0.1, -0.05) is 25.0 Å². The molecule has 7 nitrogen and oxygen atoms in total. The number of carbonyl (C=O) groups is 3. The predicted molar refractivity (Wildman–Crippen MR) is 105 cm³/mol. The average Bonchev–Trinajstić information content (AvgIpc) is 3.00. The minimum atomic E-state index is -0.244. The van der Waals surface area contributed by atoms with Crippen LogP contribution in [0, 0.1) is 11.8 Å². The molecule has 29 heavy (non-hydrogen) atoms. The zero-order chi connectivity index (χ0) is 20.4. The Morgan fingerprint density at radius 3 is 2.41 bits per heavy atom. The molecule has 2 aliphatic heterocycles. The zero-order valence-corrected chi connectivity index (χ0v) is 16.8. The van der Waals surface area contributed by atoms with Crippen LogP contribution in [-0.2, 0) is 14.4 Å². The fraction of sp³-hybridized carbons (Fsp3) is 0.591. The number of likely N-dealkylation sites (N-methyl/N-ethyl adjacent to an activating group) is 1. The van der Waals surface area contributed by atoms with Crippen molar-refractivity contribution >= 4 is 17.7 Å². The van der Waals surface area contributed by atoms with Crippen molar-refractivity contribution in [1.82, 2.24) is 9.80 Å². The van der Waals surface area contributed by atoms with Crippen LogP contribution >= 0.6 is 0 Å². The molecular weight excluding hydrogens is 372 g/mol. The first-order valence-corrected chi connectivity index (χ1v) is 10.6. The van der Waals surface area contributed by atoms with Gasteiger partial charge in [-0.2, -0.15) is 0 Å². The summed E-state index contributed by atoms with van der Waals surface area (Å²) < 4.78 is 11.7. The van der Waals surface area contributed by atoms with Crippen molar-refractivity contribution in [1.29, 1.82) is 0 Å². The molecule has 3 aliphatic rings. The number of ether oxygens (including phenoxy) is 2. The van der Waals surface area contributed by atoms with Crippen molar-refractivity contribution in [3.63, 3.8) is 0 Å². The number of nitrogens with zero attached hydrogens (tertiary/aromatic N) is 2. The molecule has 0 bridgehead atoms. The molecule has 1 saturated carbocycles. The third-order valence-electron chi connectivity index (χ3n) is 6.21. The van der Waals surface area contributed by atoms with E-state index < -0.39 is 0 Å². The maximum atomic E-state index is 12.8. The number of fused-ring (bicyclic) bond motifs is 2. The van der Waals surface area contributed by atoms with Crippen LogP contribution < -0.4 is 9.47 Å². The SMILES string of the molecule is CCN(C[C@@H]1COc2ccccc2O1)C(=O)CCN1C(=O)[C@H]2CCCC[C@H]2C1=O. The van der Waals surface area contributed by atoms with Gasteiger partial charge >= 0.3 is 0 Å². The number of imide groups is 1. The van der Waals surface area contributed by atoms with Crippen LogP contribution in [0.4, 0.5) is 0 Å². The Hall–Kier alpha value is -2.57. The maximum Gasteiger partial charge on any atom is 0.233 e. The van der Waals surface area contributed by atoms with Crippen LogP contribution in [0.15, 0.2) is 24.3 Å². The topological polar surface area (TPSA) is 76.2 Å². The molecule has 0 spiro atoms. The fourth-order valence-electron chi connectivity index (χ4n) is 4.62. The lowest BCUT2D eigenvalue weighted by atomic mass is 9.81. The molecule has 7 heteroatoms. The number of hydrogen-bond donors (Lipinski definition) is 0. The molecule has 156 valence electrons. The number of benzene rings is 1. The molecular formula is C22H28N2O5. The molecule has 3 atom stereocenters. The summed E-state index contributed by atoms with van der Waals surface area (Å²) in [5.74, 6) is 0.814. The van der Waals surface area contributed by atoms with E-state index >= 15 is 0 Å². The van der Waals surface area contributed by atoms with Crippen LogP contribution in [0.1, 0.15) is 39.0 Å². The highest BCUT2D eigenvalue weighted by Gasteiger charge is 2.47. The summed E-state index contributed by atoms with van der Waals surface area (Å²) in [5, 5.41) is 0. The minimum Gasteiger partial charge on any atom is -0.486 e. The standard InChI is InChI=1S/C22H28N2O5/c1-2-23(13-15-14-28-18-9-5-6-10-19(18)29-15)20(25)11-12-24-21(26)16-7-3-4-8-17(16)22(24)27/h5-6,9-10,15-17H,2-4,7-8,11-14H2,1H3/t15-,16-,17+/m1/s1. The van der Waals surface area contributed by atoms with Gasteiger partial charge in [0.1, 0.15) is 6.61 Å². The lowest BCUT2D eigenvalue weighted by Gasteiger charge is -2.31. The third kappa shape index (κ3) is 3.95. The summed E-state index contributed by atoms with van der Waals surface area (Å²) in [6.45, 7) is 3.42. The molecule has 2 fully saturated rings. The molecule has 0 aromatic heterocycles. The van der Waals surface area contributed by atoms with E-state index in [0.29, 0.717) is 31.2 Å². The zero-order valence-electron chi connectivity index (χ0n) is 16.8. The second kappa shape index (κ2) is 8.43. The Labute approximate surface area is 170 Å². The average molecular weight is 400 g/mol. The largest absolute Gasteiger partial charge is 0.486 e. The number of amides is 3. The van der Waals surface area contributed by atoms with Gasteiger partial charge in [-0.15, -0.1) is 0 Å². The van der Waals surface area contributed by atoms with E-state index in [1.54, 1.807) is 4.90 Å². The molecule has 1 aliphatic carbocycles. The summed E-state index contributed by atoms with van der Waals surface area (Å²) in [6.07, 6.45) is 3.50. The summed E-state index contributed by atoms with van der Waals surface area (Å²) in [4.78, 5) is 40.9. The minimum absolute atomic E-state index is 0.0783. The highest BCUT2D eigenvalue weighted by atomic mass is 16.6. The number of likely N-dealkylation sites (tertiary alicyclic amines) is 1. The molecule has 1 saturated heterocycles. The van der Waals surface area contributed by atoms with Crippen LogP contribution in [0.5, 0.6) is 11.5 Å². The molecule has 4 rings (SSSR count). The number of carbonyl (C=O) groups excluding carboxylic acids is 3. The molecule has 1 aromatic rings. The molecule has 1 aromatic carbocycles. The first-order chi connectivity index (χ1) is 14.1. The normalized spacial score (nSPS) is 25.7. The van der Waals surface area contributed by atoms with E-state index in [0.717, 1.165) is 25.7 Å². The summed E-state index contributed by atoms with van der Waals surface area (Å²) in [6, 6.07) is 7.48. The van der Waals surface area contributed by atoms with Crippen molar-refractivity contribution < 1.29 is 23.9 Å². The second-order valence-corrected chi connectivity index (χ2v) is 8.01. The predicted octanol–water partition coefficient (Wildman–Crippen LogP) is 2.24. The van der Waals surface area contributed by atoms with E-state index in [1.165, 1.54) is 4.90 Å². The molecule has 2 heterocycles. The molecule has 0 N–H and O–H groups in total. The van der Waals surface area contributed by atoms with Gasteiger partial charge in [0.05, 0.1) is 18.4 Å². The summed E-state index contributed by atoms with van der Waals surface area (Å²) in [7, 11) is 0. The van der Waals surface area contributed by atoms with Gasteiger partial charge < -0.3 is 14.4 Å². The van der Waals surface area contributed by atoms with Crippen molar-refractivity contribution in [2.24, 2.45) is 11.8 Å². The summed E-state index contributed by atoms with van der Waals surface area (Å²) >= 11 is 0. The van der Waals surface area contributed by atoms with Gasteiger partial charge in [0.15, 0.2) is 17.6 Å². The maximum absolute atomic E-state index is 12.8. The molecule has 0 unspecified atom stereocenters. The van der Waals surface area contributed by atoms with Crippen LogP contribution in [0.25, 0.3) is 0 Å². The highest BCUT2D eigenvalue weighted by molar-refractivity contribution is 6.05. The van der Waals surface area contributed by atoms with Crippen molar-refractivity contribution in [2.45, 2.75) is 45.1 Å². The smallest absolute Gasteiger partial charge is 0.233 e. The van der Waals surface area contributed by atoms with E-state index in [9.17, 15) is 14.4 Å². The second-order valence-electron chi connectivity index (χ2n) is 8.01. The van der Waals surface area contributed by atoms with Crippen LogP contribution in [0.3, 0.4) is 0 Å². The molecule has 0 radical (unpaired) electrons. The first-order valence-electron chi connectivity index (χ1n) is 10.6. The van der Waals surface area contributed by atoms with E-state index in [1.807, 2.05) is 31.2 Å². The van der Waals surface area contributed by atoms with Gasteiger partial charge in [0.2, 0.25) is 17.7 Å². The van der Waals surface area contributed by atoms with Gasteiger partial charge in [0.25, 0.3) is 0 Å². The number of para-hydroxylation sites is 2. The first kappa shape index (κ1) is 19.7. The Balaban J connectivity index is 1.31. The lowest BCUT2D eigenvalue weighted by molar-refractivity contribution is -0.141. The Kier molecular flexibility index (Phi) is 5.74. The Morgan fingerprint density at radius 2 is 1.76 bits per heavy atom. The Bertz CT molecular complexity index is 771. The quantitative estimate of drug-likeness (QED) is 0.685. The van der Waals surface area contributed by atoms with Crippen LogP contribution in [0.2, 0.25) is 0 Å². The fourth-order valence-corrected chi connectivity index (χ4v) is 4.62. The monoisotopic (exact) mass is 400 g/mol. The van der Waals surface area contributed by atoms with Crippen molar-refractivity contribution in [3.05, 3.63) is 24.3 Å².